The molecular formula is C11H23N3O2. The zero-order valence-corrected chi connectivity index (χ0v) is 10.3. The molecule has 0 aromatic rings. The Labute approximate surface area is 97.5 Å². The number of amides is 1. The maximum Gasteiger partial charge on any atom is 0.221 e. The third-order valence-electron chi connectivity index (χ3n) is 2.76. The topological polar surface area (TPSA) is 53.6 Å². The minimum atomic E-state index is 0.0890. The summed E-state index contributed by atoms with van der Waals surface area (Å²) in [7, 11) is 1.67. The van der Waals surface area contributed by atoms with Crippen molar-refractivity contribution in [3.63, 3.8) is 0 Å². The summed E-state index contributed by atoms with van der Waals surface area (Å²) in [6, 6.07) is 0.419. The predicted octanol–water partition coefficient (Wildman–Crippen LogP) is -0.567. The van der Waals surface area contributed by atoms with Crippen LogP contribution < -0.4 is 10.6 Å². The zero-order chi connectivity index (χ0) is 11.8. The van der Waals surface area contributed by atoms with Crippen LogP contribution in [0, 0.1) is 0 Å². The van der Waals surface area contributed by atoms with Crippen molar-refractivity contribution in [3.8, 4) is 0 Å². The third-order valence-corrected chi connectivity index (χ3v) is 2.76. The Morgan fingerprint density at radius 2 is 2.12 bits per heavy atom. The molecule has 0 radical (unpaired) electrons. The van der Waals surface area contributed by atoms with E-state index in [0.29, 0.717) is 12.5 Å². The van der Waals surface area contributed by atoms with Crippen LogP contribution in [0.4, 0.5) is 0 Å². The van der Waals surface area contributed by atoms with Crippen molar-refractivity contribution in [3.05, 3.63) is 0 Å². The summed E-state index contributed by atoms with van der Waals surface area (Å²) in [6.07, 6.45) is 0.546. The van der Waals surface area contributed by atoms with Crippen LogP contribution in [-0.4, -0.2) is 63.3 Å². The maximum atomic E-state index is 11.0. The number of nitrogens with one attached hydrogen (secondary N) is 2. The number of morpholine rings is 1. The number of hydrogen-bond donors (Lipinski definition) is 2. The van der Waals surface area contributed by atoms with Gasteiger partial charge < -0.3 is 15.4 Å². The second kappa shape index (κ2) is 7.60. The fourth-order valence-electron chi connectivity index (χ4n) is 1.79. The molecule has 0 aromatic carbocycles. The summed E-state index contributed by atoms with van der Waals surface area (Å²) < 4.78 is 5.29. The van der Waals surface area contributed by atoms with Gasteiger partial charge in [0.25, 0.3) is 0 Å². The van der Waals surface area contributed by atoms with Crippen molar-refractivity contribution < 1.29 is 9.53 Å². The zero-order valence-electron chi connectivity index (χ0n) is 10.3. The van der Waals surface area contributed by atoms with E-state index in [4.69, 9.17) is 4.74 Å². The Hall–Kier alpha value is -0.650. The molecule has 2 N–H and O–H groups in total. The molecule has 1 fully saturated rings. The Bertz CT molecular complexity index is 205. The lowest BCUT2D eigenvalue weighted by atomic mass is 10.2. The molecule has 1 heterocycles. The molecule has 1 atom stereocenters. The van der Waals surface area contributed by atoms with Gasteiger partial charge in [-0.25, -0.2) is 0 Å². The van der Waals surface area contributed by atoms with Crippen LogP contribution in [0.15, 0.2) is 0 Å². The highest BCUT2D eigenvalue weighted by atomic mass is 16.5. The standard InChI is InChI=1S/C11H23N3O2/c1-10(13-4-3-11(15)12-2)9-14-5-7-16-8-6-14/h10,13H,3-9H2,1-2H3,(H,12,15). The van der Waals surface area contributed by atoms with Crippen LogP contribution in [0.5, 0.6) is 0 Å². The van der Waals surface area contributed by atoms with Gasteiger partial charge in [0.2, 0.25) is 5.91 Å². The Morgan fingerprint density at radius 3 is 2.75 bits per heavy atom. The highest BCUT2D eigenvalue weighted by Crippen LogP contribution is 1.98. The van der Waals surface area contributed by atoms with E-state index in [1.165, 1.54) is 0 Å². The molecular weight excluding hydrogens is 206 g/mol. The maximum absolute atomic E-state index is 11.0. The van der Waals surface area contributed by atoms with Crippen LogP contribution in [0.1, 0.15) is 13.3 Å². The molecule has 0 aromatic heterocycles. The number of nitrogens with zero attached hydrogens (tertiary/aromatic N) is 1. The molecule has 16 heavy (non-hydrogen) atoms. The third kappa shape index (κ3) is 5.44. The number of carbonyl (C=O) groups excluding carboxylic acids is 1. The van der Waals surface area contributed by atoms with Gasteiger partial charge in [-0.3, -0.25) is 9.69 Å². The minimum absolute atomic E-state index is 0.0890. The van der Waals surface area contributed by atoms with Crippen molar-refractivity contribution in [2.75, 3.05) is 46.4 Å². The van der Waals surface area contributed by atoms with E-state index < -0.39 is 0 Å². The van der Waals surface area contributed by atoms with E-state index in [9.17, 15) is 4.79 Å². The van der Waals surface area contributed by atoms with Crippen molar-refractivity contribution in [2.24, 2.45) is 0 Å². The van der Waals surface area contributed by atoms with Crippen LogP contribution in [-0.2, 0) is 9.53 Å². The molecule has 1 aliphatic heterocycles. The van der Waals surface area contributed by atoms with E-state index in [0.717, 1.165) is 39.4 Å². The first-order chi connectivity index (χ1) is 7.72. The molecule has 1 rings (SSSR count). The second-order valence-corrected chi connectivity index (χ2v) is 4.19. The van der Waals surface area contributed by atoms with E-state index in [1.54, 1.807) is 7.05 Å². The average Bonchev–Trinajstić information content (AvgIpc) is 2.30. The van der Waals surface area contributed by atoms with Gasteiger partial charge in [-0.15, -0.1) is 0 Å². The van der Waals surface area contributed by atoms with Gasteiger partial charge in [-0.1, -0.05) is 0 Å². The summed E-state index contributed by atoms with van der Waals surface area (Å²) in [4.78, 5) is 13.4. The van der Waals surface area contributed by atoms with Crippen LogP contribution in [0.3, 0.4) is 0 Å². The summed E-state index contributed by atoms with van der Waals surface area (Å²) in [5.41, 5.74) is 0. The van der Waals surface area contributed by atoms with Gasteiger partial charge in [-0.05, 0) is 6.92 Å². The summed E-state index contributed by atoms with van der Waals surface area (Å²) in [5.74, 6) is 0.0890. The normalized spacial score (nSPS) is 19.4. The minimum Gasteiger partial charge on any atom is -0.379 e. The van der Waals surface area contributed by atoms with Crippen LogP contribution in [0.2, 0.25) is 0 Å². The van der Waals surface area contributed by atoms with Gasteiger partial charge in [-0.2, -0.15) is 0 Å². The predicted molar refractivity (Wildman–Crippen MR) is 63.4 cm³/mol. The number of ether oxygens (including phenoxy) is 1. The first-order valence-electron chi connectivity index (χ1n) is 5.96. The quantitative estimate of drug-likeness (QED) is 0.640. The number of hydrogen-bond acceptors (Lipinski definition) is 4. The number of carbonyl (C=O) groups is 1. The fourth-order valence-corrected chi connectivity index (χ4v) is 1.79. The molecule has 1 aliphatic rings. The average molecular weight is 229 g/mol. The van der Waals surface area contributed by atoms with E-state index in [1.807, 2.05) is 0 Å². The van der Waals surface area contributed by atoms with E-state index in [-0.39, 0.29) is 5.91 Å². The smallest absolute Gasteiger partial charge is 0.221 e. The van der Waals surface area contributed by atoms with Gasteiger partial charge >= 0.3 is 0 Å². The van der Waals surface area contributed by atoms with Crippen molar-refractivity contribution in [2.45, 2.75) is 19.4 Å². The van der Waals surface area contributed by atoms with Gasteiger partial charge in [0, 0.05) is 45.7 Å². The van der Waals surface area contributed by atoms with Gasteiger partial charge in [0.15, 0.2) is 0 Å². The number of rotatable bonds is 6. The Morgan fingerprint density at radius 1 is 1.44 bits per heavy atom. The largest absolute Gasteiger partial charge is 0.379 e. The fraction of sp³-hybridized carbons (Fsp3) is 0.909. The lowest BCUT2D eigenvalue weighted by Crippen LogP contribution is -2.45. The van der Waals surface area contributed by atoms with Crippen molar-refractivity contribution in [1.82, 2.24) is 15.5 Å². The molecule has 94 valence electrons. The lowest BCUT2D eigenvalue weighted by Gasteiger charge is -2.29. The summed E-state index contributed by atoms with van der Waals surface area (Å²) in [5, 5.41) is 5.97. The van der Waals surface area contributed by atoms with Gasteiger partial charge in [0.05, 0.1) is 13.2 Å². The summed E-state index contributed by atoms with van der Waals surface area (Å²) >= 11 is 0. The monoisotopic (exact) mass is 229 g/mol. The van der Waals surface area contributed by atoms with Crippen molar-refractivity contribution >= 4 is 5.91 Å². The highest BCUT2D eigenvalue weighted by Gasteiger charge is 2.13. The molecule has 5 nitrogen and oxygen atoms in total. The molecule has 0 spiro atoms. The molecule has 5 heteroatoms. The van der Waals surface area contributed by atoms with Gasteiger partial charge in [0.1, 0.15) is 0 Å². The molecule has 1 amide bonds. The Kier molecular flexibility index (Phi) is 6.37. The second-order valence-electron chi connectivity index (χ2n) is 4.19. The Balaban J connectivity index is 2.05. The highest BCUT2D eigenvalue weighted by molar-refractivity contribution is 5.75. The van der Waals surface area contributed by atoms with Crippen LogP contribution in [0.25, 0.3) is 0 Å². The molecule has 1 unspecified atom stereocenters. The summed E-state index contributed by atoms with van der Waals surface area (Å²) in [6.45, 7) is 7.63. The van der Waals surface area contributed by atoms with Crippen molar-refractivity contribution in [1.29, 1.82) is 0 Å². The van der Waals surface area contributed by atoms with E-state index in [2.05, 4.69) is 22.5 Å². The first-order valence-corrected chi connectivity index (χ1v) is 5.96. The van der Waals surface area contributed by atoms with Crippen LogP contribution >= 0.6 is 0 Å². The lowest BCUT2D eigenvalue weighted by molar-refractivity contribution is -0.120. The molecule has 1 saturated heterocycles. The van der Waals surface area contributed by atoms with E-state index >= 15 is 0 Å². The molecule has 0 aliphatic carbocycles. The SMILES string of the molecule is CNC(=O)CCNC(C)CN1CCOCC1. The molecule has 0 saturated carbocycles. The molecule has 0 bridgehead atoms. The first kappa shape index (κ1) is 13.4.